The number of hydrogen-bond donors (Lipinski definition) is 1. The molecule has 0 aliphatic carbocycles. The first kappa shape index (κ1) is 13.7. The molecule has 0 amide bonds. The van der Waals surface area contributed by atoms with Gasteiger partial charge in [-0.15, -0.1) is 22.7 Å². The third-order valence-corrected chi connectivity index (χ3v) is 5.09. The van der Waals surface area contributed by atoms with Crippen molar-refractivity contribution in [3.05, 3.63) is 38.0 Å². The number of hydrogen-bond acceptors (Lipinski definition) is 4. The Morgan fingerprint density at radius 1 is 1.11 bits per heavy atom. The Labute approximate surface area is 117 Å². The lowest BCUT2D eigenvalue weighted by molar-refractivity contribution is 0.604. The van der Waals surface area contributed by atoms with E-state index in [1.807, 2.05) is 24.5 Å². The van der Waals surface area contributed by atoms with Crippen LogP contribution in [0, 0.1) is 6.92 Å². The van der Waals surface area contributed by atoms with Crippen molar-refractivity contribution in [3.63, 3.8) is 0 Å². The lowest BCUT2D eigenvalue weighted by Gasteiger charge is -2.15. The van der Waals surface area contributed by atoms with E-state index in [9.17, 15) is 0 Å². The van der Waals surface area contributed by atoms with Gasteiger partial charge < -0.3 is 5.32 Å². The summed E-state index contributed by atoms with van der Waals surface area (Å²) in [5.74, 6) is 0. The molecule has 0 saturated carbocycles. The van der Waals surface area contributed by atoms with Gasteiger partial charge in [-0.1, -0.05) is 20.8 Å². The minimum atomic E-state index is 0.262. The van der Waals surface area contributed by atoms with Gasteiger partial charge in [0.1, 0.15) is 0 Å². The summed E-state index contributed by atoms with van der Waals surface area (Å²) in [4.78, 5) is 8.42. The van der Waals surface area contributed by atoms with E-state index in [4.69, 9.17) is 0 Å². The van der Waals surface area contributed by atoms with Crippen molar-refractivity contribution < 1.29 is 0 Å². The SMILES string of the molecule is Cc1ncc(CNCc2ccc(C(C)(C)C)s2)s1. The summed E-state index contributed by atoms with van der Waals surface area (Å²) in [5.41, 5.74) is 0.262. The highest BCUT2D eigenvalue weighted by atomic mass is 32.1. The van der Waals surface area contributed by atoms with Gasteiger partial charge in [-0.05, 0) is 24.5 Å². The third-order valence-electron chi connectivity index (χ3n) is 2.67. The van der Waals surface area contributed by atoms with Crippen LogP contribution in [-0.4, -0.2) is 4.98 Å². The second kappa shape index (κ2) is 5.51. The number of thiazole rings is 1. The minimum Gasteiger partial charge on any atom is -0.307 e. The van der Waals surface area contributed by atoms with Gasteiger partial charge in [-0.2, -0.15) is 0 Å². The fraction of sp³-hybridized carbons (Fsp3) is 0.500. The molecule has 2 heterocycles. The first-order chi connectivity index (χ1) is 8.45. The zero-order chi connectivity index (χ0) is 13.2. The third kappa shape index (κ3) is 3.64. The molecule has 0 aromatic carbocycles. The molecule has 18 heavy (non-hydrogen) atoms. The van der Waals surface area contributed by atoms with Gasteiger partial charge in [0.15, 0.2) is 0 Å². The lowest BCUT2D eigenvalue weighted by Crippen LogP contribution is -2.11. The lowest BCUT2D eigenvalue weighted by atomic mass is 9.95. The summed E-state index contributed by atoms with van der Waals surface area (Å²) in [7, 11) is 0. The molecule has 0 fully saturated rings. The Morgan fingerprint density at radius 2 is 1.83 bits per heavy atom. The second-order valence-electron chi connectivity index (χ2n) is 5.47. The van der Waals surface area contributed by atoms with Crippen LogP contribution in [0.2, 0.25) is 0 Å². The predicted molar refractivity (Wildman–Crippen MR) is 80.4 cm³/mol. The summed E-state index contributed by atoms with van der Waals surface area (Å²) in [6.45, 7) is 10.7. The van der Waals surface area contributed by atoms with E-state index in [1.54, 1.807) is 11.3 Å². The normalized spacial score (nSPS) is 12.0. The molecule has 2 aromatic rings. The first-order valence-electron chi connectivity index (χ1n) is 6.16. The molecular formula is C14H20N2S2. The number of aromatic nitrogens is 1. The predicted octanol–water partition coefficient (Wildman–Crippen LogP) is 4.10. The molecule has 2 aromatic heterocycles. The van der Waals surface area contributed by atoms with Crippen LogP contribution in [0.4, 0.5) is 0 Å². The molecule has 0 radical (unpaired) electrons. The number of nitrogens with zero attached hydrogens (tertiary/aromatic N) is 1. The fourth-order valence-electron chi connectivity index (χ4n) is 1.67. The van der Waals surface area contributed by atoms with Crippen molar-refractivity contribution in [2.75, 3.05) is 0 Å². The van der Waals surface area contributed by atoms with Crippen LogP contribution in [0.1, 0.15) is 40.4 Å². The monoisotopic (exact) mass is 280 g/mol. The molecule has 1 N–H and O–H groups in total. The maximum absolute atomic E-state index is 4.26. The summed E-state index contributed by atoms with van der Waals surface area (Å²) in [6.07, 6.45) is 1.96. The molecule has 0 saturated heterocycles. The van der Waals surface area contributed by atoms with E-state index < -0.39 is 0 Å². The van der Waals surface area contributed by atoms with Crippen LogP contribution >= 0.6 is 22.7 Å². The van der Waals surface area contributed by atoms with E-state index in [0.29, 0.717) is 0 Å². The van der Waals surface area contributed by atoms with Gasteiger partial charge in [0.25, 0.3) is 0 Å². The van der Waals surface area contributed by atoms with E-state index >= 15 is 0 Å². The van der Waals surface area contributed by atoms with Crippen LogP contribution < -0.4 is 5.32 Å². The van der Waals surface area contributed by atoms with Crippen molar-refractivity contribution >= 4 is 22.7 Å². The smallest absolute Gasteiger partial charge is 0.0897 e. The minimum absolute atomic E-state index is 0.262. The maximum Gasteiger partial charge on any atom is 0.0897 e. The summed E-state index contributed by atoms with van der Waals surface area (Å²) >= 11 is 3.67. The van der Waals surface area contributed by atoms with Crippen LogP contribution in [0.3, 0.4) is 0 Å². The molecule has 0 bridgehead atoms. The average Bonchev–Trinajstić information content (AvgIpc) is 2.87. The zero-order valence-electron chi connectivity index (χ0n) is 11.4. The molecular weight excluding hydrogens is 260 g/mol. The quantitative estimate of drug-likeness (QED) is 0.912. The standard InChI is InChI=1S/C14H20N2S2/c1-10-16-9-12(17-10)8-15-7-11-5-6-13(18-11)14(2,3)4/h5-6,9,15H,7-8H2,1-4H3. The highest BCUT2D eigenvalue weighted by Gasteiger charge is 2.15. The summed E-state index contributed by atoms with van der Waals surface area (Å²) < 4.78 is 0. The van der Waals surface area contributed by atoms with Gasteiger partial charge in [0.2, 0.25) is 0 Å². The molecule has 0 atom stereocenters. The van der Waals surface area contributed by atoms with Gasteiger partial charge >= 0.3 is 0 Å². The van der Waals surface area contributed by atoms with Crippen molar-refractivity contribution in [2.24, 2.45) is 0 Å². The molecule has 98 valence electrons. The second-order valence-corrected chi connectivity index (χ2v) is 7.95. The van der Waals surface area contributed by atoms with Crippen molar-refractivity contribution in [1.29, 1.82) is 0 Å². The highest BCUT2D eigenvalue weighted by Crippen LogP contribution is 2.29. The molecule has 2 nitrogen and oxygen atoms in total. The summed E-state index contributed by atoms with van der Waals surface area (Å²) in [6, 6.07) is 4.48. The largest absolute Gasteiger partial charge is 0.307 e. The number of thiophene rings is 1. The van der Waals surface area contributed by atoms with Gasteiger partial charge in [-0.3, -0.25) is 0 Å². The van der Waals surface area contributed by atoms with Crippen molar-refractivity contribution in [1.82, 2.24) is 10.3 Å². The molecule has 4 heteroatoms. The first-order valence-corrected chi connectivity index (χ1v) is 7.79. The van der Waals surface area contributed by atoms with Crippen LogP contribution in [-0.2, 0) is 18.5 Å². The molecule has 0 aliphatic rings. The summed E-state index contributed by atoms with van der Waals surface area (Å²) in [5, 5.41) is 4.61. The van der Waals surface area contributed by atoms with E-state index in [2.05, 4.69) is 43.2 Å². The highest BCUT2D eigenvalue weighted by molar-refractivity contribution is 7.12. The van der Waals surface area contributed by atoms with Gasteiger partial charge in [-0.25, -0.2) is 4.98 Å². The maximum atomic E-state index is 4.26. The number of nitrogens with one attached hydrogen (secondary N) is 1. The Morgan fingerprint density at radius 3 is 2.39 bits per heavy atom. The van der Waals surface area contributed by atoms with E-state index in [-0.39, 0.29) is 5.41 Å². The average molecular weight is 280 g/mol. The van der Waals surface area contributed by atoms with Gasteiger partial charge in [0.05, 0.1) is 5.01 Å². The number of rotatable bonds is 4. The Balaban J connectivity index is 1.85. The van der Waals surface area contributed by atoms with Crippen LogP contribution in [0.15, 0.2) is 18.3 Å². The Kier molecular flexibility index (Phi) is 4.20. The molecule has 0 unspecified atom stereocenters. The zero-order valence-corrected chi connectivity index (χ0v) is 13.0. The van der Waals surface area contributed by atoms with Crippen LogP contribution in [0.5, 0.6) is 0 Å². The van der Waals surface area contributed by atoms with E-state index in [1.165, 1.54) is 14.6 Å². The molecule has 2 rings (SSSR count). The number of aryl methyl sites for hydroxylation is 1. The van der Waals surface area contributed by atoms with Crippen molar-refractivity contribution in [2.45, 2.75) is 46.2 Å². The Hall–Kier alpha value is -0.710. The molecule has 0 aliphatic heterocycles. The molecule has 0 spiro atoms. The topological polar surface area (TPSA) is 24.9 Å². The van der Waals surface area contributed by atoms with Crippen LogP contribution in [0.25, 0.3) is 0 Å². The van der Waals surface area contributed by atoms with Crippen molar-refractivity contribution in [3.8, 4) is 0 Å². The van der Waals surface area contributed by atoms with E-state index in [0.717, 1.165) is 18.1 Å². The van der Waals surface area contributed by atoms with Gasteiger partial charge in [0, 0.05) is 33.9 Å². The fourth-order valence-corrected chi connectivity index (χ4v) is 3.47. The Bertz CT molecular complexity index is 506.